The normalized spacial score (nSPS) is 13.0. The molecule has 0 saturated carbocycles. The molecule has 0 saturated heterocycles. The molecule has 1 aliphatic heterocycles. The number of ether oxygens (including phenoxy) is 1. The molecule has 0 atom stereocenters. The molecule has 0 unspecified atom stereocenters. The summed E-state index contributed by atoms with van der Waals surface area (Å²) in [5, 5.41) is 22.0. The molecule has 0 aliphatic carbocycles. The van der Waals surface area contributed by atoms with E-state index >= 15 is 0 Å². The van der Waals surface area contributed by atoms with E-state index in [0.29, 0.717) is 35.7 Å². The molecule has 0 fully saturated rings. The number of rotatable bonds is 7. The molecule has 8 heteroatoms. The highest BCUT2D eigenvalue weighted by molar-refractivity contribution is 7.80. The summed E-state index contributed by atoms with van der Waals surface area (Å²) in [6.07, 6.45) is 1.34. The number of carbonyl (C=O) groups is 1. The summed E-state index contributed by atoms with van der Waals surface area (Å²) in [4.78, 5) is 17.1. The van der Waals surface area contributed by atoms with Crippen LogP contribution < -0.4 is 4.74 Å². The van der Waals surface area contributed by atoms with Crippen LogP contribution in [0.3, 0.4) is 0 Å². The first-order valence-corrected chi connectivity index (χ1v) is 11.6. The van der Waals surface area contributed by atoms with Gasteiger partial charge in [-0.3, -0.25) is 4.99 Å². The topological polar surface area (TPSA) is 79.1 Å². The average molecular weight is 486 g/mol. The number of carboxylic acid groups (broad SMARTS) is 1. The minimum absolute atomic E-state index is 0.0647. The van der Waals surface area contributed by atoms with Crippen molar-refractivity contribution < 1.29 is 19.7 Å². The Labute approximate surface area is 200 Å². The van der Waals surface area contributed by atoms with Crippen LogP contribution in [0.5, 0.6) is 11.5 Å². The summed E-state index contributed by atoms with van der Waals surface area (Å²) in [5.41, 5.74) is 4.42. The maximum Gasteiger partial charge on any atom is 0.337 e. The lowest BCUT2D eigenvalue weighted by Crippen LogP contribution is -2.07. The van der Waals surface area contributed by atoms with Gasteiger partial charge in [0.15, 0.2) is 0 Å². The first-order chi connectivity index (χ1) is 15.3. The van der Waals surface area contributed by atoms with Crippen LogP contribution in [-0.2, 0) is 12.8 Å². The van der Waals surface area contributed by atoms with E-state index in [2.05, 4.69) is 11.1 Å². The summed E-state index contributed by atoms with van der Waals surface area (Å²) in [6.45, 7) is 2.87. The quantitative estimate of drug-likeness (QED) is 0.325. The smallest absolute Gasteiger partial charge is 0.337 e. The molecule has 0 radical (unpaired) electrons. The molecule has 32 heavy (non-hydrogen) atoms. The fraction of sp³-hybridized carbons (Fsp3) is 0.208. The van der Waals surface area contributed by atoms with Gasteiger partial charge in [-0.2, -0.15) is 0 Å². The zero-order valence-electron chi connectivity index (χ0n) is 17.2. The molecule has 1 aromatic heterocycles. The zero-order valence-corrected chi connectivity index (χ0v) is 19.6. The molecule has 2 N–H and O–H groups in total. The number of aromatic hydroxyl groups is 1. The lowest BCUT2D eigenvalue weighted by Gasteiger charge is -2.06. The van der Waals surface area contributed by atoms with Gasteiger partial charge in [0.25, 0.3) is 0 Å². The molecule has 4 rings (SSSR count). The summed E-state index contributed by atoms with van der Waals surface area (Å²) in [6, 6.07) is 10.8. The van der Waals surface area contributed by atoms with Crippen molar-refractivity contribution in [3.8, 4) is 21.9 Å². The van der Waals surface area contributed by atoms with E-state index in [9.17, 15) is 9.90 Å². The summed E-state index contributed by atoms with van der Waals surface area (Å²) in [7, 11) is 0. The number of hydrogen-bond acceptors (Lipinski definition) is 6. The molecule has 1 aliphatic rings. The Balaban J connectivity index is 1.45. The highest BCUT2D eigenvalue weighted by atomic mass is 35.5. The van der Waals surface area contributed by atoms with Gasteiger partial charge < -0.3 is 14.9 Å². The molecule has 0 spiro atoms. The van der Waals surface area contributed by atoms with Crippen molar-refractivity contribution >= 4 is 51.7 Å². The van der Waals surface area contributed by atoms with Crippen molar-refractivity contribution in [2.24, 2.45) is 4.99 Å². The van der Waals surface area contributed by atoms with Crippen molar-refractivity contribution in [3.05, 3.63) is 69.1 Å². The third-order valence-electron chi connectivity index (χ3n) is 5.26. The van der Waals surface area contributed by atoms with Crippen LogP contribution in [-0.4, -0.2) is 39.9 Å². The lowest BCUT2D eigenvalue weighted by molar-refractivity contribution is 0.0697. The van der Waals surface area contributed by atoms with E-state index < -0.39 is 5.97 Å². The molecular weight excluding hydrogens is 466 g/mol. The summed E-state index contributed by atoms with van der Waals surface area (Å²) >= 11 is 13.0. The van der Waals surface area contributed by atoms with Gasteiger partial charge in [-0.1, -0.05) is 29.9 Å². The Morgan fingerprint density at radius 3 is 2.81 bits per heavy atom. The number of fused-ring (bicyclic) bond motifs is 1. The number of aromatic carboxylic acids is 1. The molecule has 3 aromatic rings. The van der Waals surface area contributed by atoms with Gasteiger partial charge in [-0.25, -0.2) is 4.79 Å². The van der Waals surface area contributed by atoms with E-state index in [1.54, 1.807) is 12.1 Å². The Morgan fingerprint density at radius 2 is 2.06 bits per heavy atom. The van der Waals surface area contributed by atoms with Crippen molar-refractivity contribution in [1.29, 1.82) is 0 Å². The minimum Gasteiger partial charge on any atom is -0.506 e. The summed E-state index contributed by atoms with van der Waals surface area (Å²) in [5.74, 6) is 0.0692. The third-order valence-corrected chi connectivity index (χ3v) is 6.87. The number of carboxylic acids is 1. The Kier molecular flexibility index (Phi) is 6.60. The SMILES string of the molecule is CC(=NCC(=S)Cc1ccc(C(=O)O)c(Cl)c1)c1csc(-c2ccc3c(c2)CCO3)c1O. The van der Waals surface area contributed by atoms with Gasteiger partial charge >= 0.3 is 5.97 Å². The van der Waals surface area contributed by atoms with Crippen LogP contribution in [0.4, 0.5) is 0 Å². The van der Waals surface area contributed by atoms with Crippen molar-refractivity contribution in [3.63, 3.8) is 0 Å². The highest BCUT2D eigenvalue weighted by Crippen LogP contribution is 2.41. The molecule has 5 nitrogen and oxygen atoms in total. The predicted molar refractivity (Wildman–Crippen MR) is 132 cm³/mol. The summed E-state index contributed by atoms with van der Waals surface area (Å²) < 4.78 is 5.56. The van der Waals surface area contributed by atoms with Crippen LogP contribution in [0, 0.1) is 0 Å². The minimum atomic E-state index is -1.06. The lowest BCUT2D eigenvalue weighted by atomic mass is 10.1. The van der Waals surface area contributed by atoms with Crippen LogP contribution in [0.25, 0.3) is 10.4 Å². The first-order valence-electron chi connectivity index (χ1n) is 9.95. The fourth-order valence-electron chi connectivity index (χ4n) is 3.56. The maximum atomic E-state index is 11.1. The van der Waals surface area contributed by atoms with Crippen molar-refractivity contribution in [1.82, 2.24) is 0 Å². The second kappa shape index (κ2) is 9.40. The molecule has 2 heterocycles. The number of thiophene rings is 1. The predicted octanol–water partition coefficient (Wildman–Crippen LogP) is 5.83. The maximum absolute atomic E-state index is 11.1. The molecular formula is C24H20ClNO4S2. The number of nitrogens with zero attached hydrogens (tertiary/aromatic N) is 1. The molecule has 0 bridgehead atoms. The van der Waals surface area contributed by atoms with Gasteiger partial charge in [0.2, 0.25) is 0 Å². The largest absolute Gasteiger partial charge is 0.506 e. The molecule has 0 amide bonds. The van der Waals surface area contributed by atoms with E-state index in [1.807, 2.05) is 24.4 Å². The van der Waals surface area contributed by atoms with E-state index in [1.165, 1.54) is 17.4 Å². The molecule has 164 valence electrons. The Bertz CT molecular complexity index is 1250. The number of halogens is 1. The van der Waals surface area contributed by atoms with Gasteiger partial charge in [0, 0.05) is 34.4 Å². The van der Waals surface area contributed by atoms with Gasteiger partial charge in [0.1, 0.15) is 11.5 Å². The number of thiocarbonyl (C=S) groups is 1. The van der Waals surface area contributed by atoms with Gasteiger partial charge in [0.05, 0.1) is 28.6 Å². The Morgan fingerprint density at radius 1 is 1.25 bits per heavy atom. The van der Waals surface area contributed by atoms with Crippen LogP contribution in [0.15, 0.2) is 46.8 Å². The van der Waals surface area contributed by atoms with Crippen LogP contribution >= 0.6 is 35.2 Å². The van der Waals surface area contributed by atoms with Crippen LogP contribution in [0.1, 0.15) is 34.0 Å². The first kappa shape index (κ1) is 22.5. The number of hydrogen-bond donors (Lipinski definition) is 2. The standard InChI is InChI=1S/C24H20ClNO4S2/c1-13(26-11-17(31)8-14-2-4-18(24(28)29)20(25)9-14)19-12-32-23(22(19)27)16-3-5-21-15(10-16)6-7-30-21/h2-5,9-10,12,27H,6-8,11H2,1H3,(H,28,29). The third kappa shape index (κ3) is 4.70. The fourth-order valence-corrected chi connectivity index (χ4v) is 5.08. The number of benzene rings is 2. The van der Waals surface area contributed by atoms with E-state index in [-0.39, 0.29) is 16.3 Å². The average Bonchev–Trinajstić information content (AvgIpc) is 3.37. The van der Waals surface area contributed by atoms with E-state index in [4.69, 9.17) is 33.7 Å². The highest BCUT2D eigenvalue weighted by Gasteiger charge is 2.18. The second-order valence-corrected chi connectivity index (χ2v) is 9.35. The monoisotopic (exact) mass is 485 g/mol. The second-order valence-electron chi connectivity index (χ2n) is 7.48. The number of aliphatic imine (C=N–C) groups is 1. The van der Waals surface area contributed by atoms with Crippen molar-refractivity contribution in [2.75, 3.05) is 13.2 Å². The van der Waals surface area contributed by atoms with E-state index in [0.717, 1.165) is 33.7 Å². The van der Waals surface area contributed by atoms with Crippen molar-refractivity contribution in [2.45, 2.75) is 19.8 Å². The molecule has 2 aromatic carbocycles. The zero-order chi connectivity index (χ0) is 22.8. The van der Waals surface area contributed by atoms with Gasteiger partial charge in [-0.15, -0.1) is 11.3 Å². The Hall–Kier alpha value is -2.74. The van der Waals surface area contributed by atoms with Gasteiger partial charge in [-0.05, 0) is 53.9 Å². The van der Waals surface area contributed by atoms with Crippen LogP contribution in [0.2, 0.25) is 5.02 Å².